The second-order valence-electron chi connectivity index (χ2n) is 5.16. The summed E-state index contributed by atoms with van der Waals surface area (Å²) in [5.41, 5.74) is 3.46. The van der Waals surface area contributed by atoms with Crippen molar-refractivity contribution in [3.8, 4) is 0 Å². The van der Waals surface area contributed by atoms with Crippen molar-refractivity contribution in [1.82, 2.24) is 24.5 Å². The van der Waals surface area contributed by atoms with Gasteiger partial charge in [-0.05, 0) is 39.2 Å². The first-order valence-corrected chi connectivity index (χ1v) is 7.06. The fourth-order valence-electron chi connectivity index (χ4n) is 2.51. The molecule has 0 aliphatic rings. The lowest BCUT2D eigenvalue weighted by molar-refractivity contribution is 0.161. The van der Waals surface area contributed by atoms with Crippen molar-refractivity contribution in [1.29, 1.82) is 0 Å². The number of nitrogens with zero attached hydrogens (tertiary/aromatic N) is 5. The molecule has 0 aliphatic heterocycles. The molecule has 0 saturated heterocycles. The summed E-state index contributed by atoms with van der Waals surface area (Å²) in [5, 5.41) is 18.7. The van der Waals surface area contributed by atoms with Gasteiger partial charge in [0.25, 0.3) is 0 Å². The van der Waals surface area contributed by atoms with Gasteiger partial charge in [-0.25, -0.2) is 4.98 Å². The third-order valence-corrected chi connectivity index (χ3v) is 3.80. The number of aliphatic hydroxyl groups is 1. The molecule has 20 heavy (non-hydrogen) atoms. The van der Waals surface area contributed by atoms with Gasteiger partial charge in [-0.2, -0.15) is 10.2 Å². The normalized spacial score (nSPS) is 12.8. The fourth-order valence-corrected chi connectivity index (χ4v) is 2.51. The molecule has 1 atom stereocenters. The van der Waals surface area contributed by atoms with Crippen LogP contribution in [0, 0.1) is 13.8 Å². The van der Waals surface area contributed by atoms with Crippen molar-refractivity contribution in [3.05, 3.63) is 29.1 Å². The summed E-state index contributed by atoms with van der Waals surface area (Å²) < 4.78 is 3.72. The Bertz CT molecular complexity index is 572. The van der Waals surface area contributed by atoms with Gasteiger partial charge < -0.3 is 5.11 Å². The van der Waals surface area contributed by atoms with Gasteiger partial charge in [0.15, 0.2) is 0 Å². The van der Waals surface area contributed by atoms with Crippen LogP contribution in [-0.2, 0) is 26.4 Å². The van der Waals surface area contributed by atoms with Gasteiger partial charge in [-0.1, -0.05) is 0 Å². The van der Waals surface area contributed by atoms with Gasteiger partial charge in [0.2, 0.25) is 0 Å². The van der Waals surface area contributed by atoms with E-state index in [1.165, 1.54) is 11.3 Å². The number of hydrogen-bond acceptors (Lipinski definition) is 4. The van der Waals surface area contributed by atoms with Crippen LogP contribution in [0.2, 0.25) is 0 Å². The Balaban J connectivity index is 1.94. The fraction of sp³-hybridized carbons (Fsp3) is 0.643. The zero-order valence-corrected chi connectivity index (χ0v) is 12.7. The molecule has 110 valence electrons. The van der Waals surface area contributed by atoms with E-state index in [9.17, 15) is 5.11 Å². The van der Waals surface area contributed by atoms with Crippen molar-refractivity contribution >= 4 is 0 Å². The lowest BCUT2D eigenvalue weighted by Gasteiger charge is -2.11. The molecule has 2 rings (SSSR count). The summed E-state index contributed by atoms with van der Waals surface area (Å²) in [6, 6.07) is 0. The SMILES string of the molecule is CCn1ncnc1CC(O)CCc1c(C)nn(C)c1C. The molecule has 2 aromatic rings. The van der Waals surface area contributed by atoms with Crippen molar-refractivity contribution < 1.29 is 5.11 Å². The largest absolute Gasteiger partial charge is 0.393 e. The summed E-state index contributed by atoms with van der Waals surface area (Å²) in [7, 11) is 1.95. The van der Waals surface area contributed by atoms with Gasteiger partial charge in [-0.15, -0.1) is 0 Å². The van der Waals surface area contributed by atoms with Gasteiger partial charge in [0, 0.05) is 25.7 Å². The van der Waals surface area contributed by atoms with Crippen molar-refractivity contribution in [2.75, 3.05) is 0 Å². The minimum atomic E-state index is -0.400. The second kappa shape index (κ2) is 6.17. The van der Waals surface area contributed by atoms with Crippen LogP contribution in [0.4, 0.5) is 0 Å². The monoisotopic (exact) mass is 277 g/mol. The van der Waals surface area contributed by atoms with E-state index in [2.05, 4.69) is 22.1 Å². The van der Waals surface area contributed by atoms with E-state index >= 15 is 0 Å². The third-order valence-electron chi connectivity index (χ3n) is 3.80. The number of aromatic nitrogens is 5. The van der Waals surface area contributed by atoms with E-state index in [1.807, 2.05) is 30.3 Å². The number of hydrogen-bond donors (Lipinski definition) is 1. The van der Waals surface area contributed by atoms with Crippen LogP contribution in [0.15, 0.2) is 6.33 Å². The van der Waals surface area contributed by atoms with Gasteiger partial charge in [0.05, 0.1) is 11.8 Å². The first-order chi connectivity index (χ1) is 9.52. The first-order valence-electron chi connectivity index (χ1n) is 7.06. The smallest absolute Gasteiger partial charge is 0.138 e. The highest BCUT2D eigenvalue weighted by atomic mass is 16.3. The van der Waals surface area contributed by atoms with Gasteiger partial charge in [-0.3, -0.25) is 9.36 Å². The lowest BCUT2D eigenvalue weighted by atomic mass is 10.0. The average molecular weight is 277 g/mol. The van der Waals surface area contributed by atoms with Gasteiger partial charge in [0.1, 0.15) is 12.2 Å². The predicted octanol–water partition coefficient (Wildman–Crippen LogP) is 1.18. The Morgan fingerprint density at radius 2 is 2.10 bits per heavy atom. The standard InChI is InChI=1S/C14H23N5O/c1-5-19-14(15-9-16-19)8-12(20)6-7-13-10(2)17-18(4)11(13)3/h9,12,20H,5-8H2,1-4H3. The van der Waals surface area contributed by atoms with Gasteiger partial charge >= 0.3 is 0 Å². The topological polar surface area (TPSA) is 68.8 Å². The molecule has 0 bridgehead atoms. The summed E-state index contributed by atoms with van der Waals surface area (Å²) in [5.74, 6) is 0.847. The van der Waals surface area contributed by atoms with Crippen LogP contribution < -0.4 is 0 Å². The Morgan fingerprint density at radius 3 is 2.70 bits per heavy atom. The Labute approximate surface area is 119 Å². The van der Waals surface area contributed by atoms with E-state index in [0.29, 0.717) is 12.8 Å². The zero-order chi connectivity index (χ0) is 14.7. The molecule has 0 saturated carbocycles. The molecule has 0 aromatic carbocycles. The highest BCUT2D eigenvalue weighted by Crippen LogP contribution is 2.16. The van der Waals surface area contributed by atoms with Crippen LogP contribution in [0.1, 0.15) is 36.1 Å². The van der Waals surface area contributed by atoms with Crippen molar-refractivity contribution in [3.63, 3.8) is 0 Å². The van der Waals surface area contributed by atoms with E-state index in [4.69, 9.17) is 0 Å². The van der Waals surface area contributed by atoms with E-state index in [0.717, 1.165) is 24.5 Å². The maximum absolute atomic E-state index is 10.2. The highest BCUT2D eigenvalue weighted by molar-refractivity contribution is 5.24. The molecule has 0 fully saturated rings. The molecule has 0 amide bonds. The average Bonchev–Trinajstić information content (AvgIpc) is 2.94. The highest BCUT2D eigenvalue weighted by Gasteiger charge is 2.14. The molecular formula is C14H23N5O. The number of rotatable bonds is 6. The second-order valence-corrected chi connectivity index (χ2v) is 5.16. The molecule has 1 N–H and O–H groups in total. The first kappa shape index (κ1) is 14.7. The van der Waals surface area contributed by atoms with Crippen LogP contribution in [0.5, 0.6) is 0 Å². The molecular weight excluding hydrogens is 254 g/mol. The van der Waals surface area contributed by atoms with Crippen LogP contribution in [0.25, 0.3) is 0 Å². The van der Waals surface area contributed by atoms with Crippen molar-refractivity contribution in [2.24, 2.45) is 7.05 Å². The maximum Gasteiger partial charge on any atom is 0.138 e. The third kappa shape index (κ3) is 3.07. The lowest BCUT2D eigenvalue weighted by Crippen LogP contribution is -2.16. The summed E-state index contributed by atoms with van der Waals surface area (Å²) in [6.45, 7) is 6.88. The maximum atomic E-state index is 10.2. The molecule has 0 aliphatic carbocycles. The Morgan fingerprint density at radius 1 is 1.35 bits per heavy atom. The minimum absolute atomic E-state index is 0.400. The summed E-state index contributed by atoms with van der Waals surface area (Å²) >= 11 is 0. The zero-order valence-electron chi connectivity index (χ0n) is 12.7. The van der Waals surface area contributed by atoms with Crippen LogP contribution in [0.3, 0.4) is 0 Å². The molecule has 0 radical (unpaired) electrons. The van der Waals surface area contributed by atoms with E-state index in [1.54, 1.807) is 6.33 Å². The Kier molecular flexibility index (Phi) is 4.54. The predicted molar refractivity (Wildman–Crippen MR) is 76.4 cm³/mol. The quantitative estimate of drug-likeness (QED) is 0.861. The Hall–Kier alpha value is -1.69. The molecule has 6 heteroatoms. The van der Waals surface area contributed by atoms with Crippen LogP contribution in [-0.4, -0.2) is 35.8 Å². The summed E-state index contributed by atoms with van der Waals surface area (Å²) in [4.78, 5) is 4.20. The number of aliphatic hydroxyl groups excluding tert-OH is 1. The number of aryl methyl sites for hydroxylation is 3. The minimum Gasteiger partial charge on any atom is -0.393 e. The molecule has 0 spiro atoms. The molecule has 2 heterocycles. The molecule has 1 unspecified atom stereocenters. The van der Waals surface area contributed by atoms with E-state index in [-0.39, 0.29) is 0 Å². The summed E-state index contributed by atoms with van der Waals surface area (Å²) in [6.07, 6.45) is 3.24. The van der Waals surface area contributed by atoms with Crippen molar-refractivity contribution in [2.45, 2.75) is 52.7 Å². The van der Waals surface area contributed by atoms with Crippen LogP contribution >= 0.6 is 0 Å². The van der Waals surface area contributed by atoms with E-state index < -0.39 is 6.10 Å². The molecule has 6 nitrogen and oxygen atoms in total. The molecule has 2 aromatic heterocycles.